The monoisotopic (exact) mass is 222 g/mol. The first-order valence-corrected chi connectivity index (χ1v) is 6.60. The minimum absolute atomic E-state index is 0.329. The van der Waals surface area contributed by atoms with Gasteiger partial charge in [0.2, 0.25) is 0 Å². The first-order chi connectivity index (χ1) is 7.68. The van der Waals surface area contributed by atoms with Gasteiger partial charge in [0.15, 0.2) is 0 Å². The molecule has 2 aliphatic carbocycles. The van der Waals surface area contributed by atoms with Gasteiger partial charge < -0.3 is 5.11 Å². The molecule has 1 atom stereocenters. The second-order valence-electron chi connectivity index (χ2n) is 5.48. The largest absolute Gasteiger partial charge is 0.478 e. The van der Waals surface area contributed by atoms with Gasteiger partial charge in [0.25, 0.3) is 0 Å². The third-order valence-corrected chi connectivity index (χ3v) is 4.67. The van der Waals surface area contributed by atoms with Gasteiger partial charge in [-0.25, -0.2) is 4.79 Å². The molecule has 0 radical (unpaired) electrons. The van der Waals surface area contributed by atoms with E-state index >= 15 is 0 Å². The number of rotatable bonds is 2. The quantitative estimate of drug-likeness (QED) is 0.772. The predicted molar refractivity (Wildman–Crippen MR) is 64.3 cm³/mol. The molecular formula is C14H22O2. The maximum Gasteiger partial charge on any atom is 0.331 e. The van der Waals surface area contributed by atoms with E-state index in [1.807, 2.05) is 6.08 Å². The van der Waals surface area contributed by atoms with Crippen LogP contribution < -0.4 is 0 Å². The number of aliphatic carboxylic acids is 1. The molecule has 0 aromatic rings. The van der Waals surface area contributed by atoms with Gasteiger partial charge in [0.05, 0.1) is 0 Å². The molecule has 1 saturated carbocycles. The van der Waals surface area contributed by atoms with E-state index in [9.17, 15) is 4.79 Å². The van der Waals surface area contributed by atoms with Crippen molar-refractivity contribution in [3.05, 3.63) is 11.6 Å². The molecule has 1 N–H and O–H groups in total. The minimum atomic E-state index is -0.695. The van der Waals surface area contributed by atoms with Gasteiger partial charge in [-0.1, -0.05) is 38.7 Å². The zero-order valence-electron chi connectivity index (χ0n) is 10.2. The van der Waals surface area contributed by atoms with Crippen molar-refractivity contribution in [2.24, 2.45) is 11.3 Å². The molecular weight excluding hydrogens is 200 g/mol. The van der Waals surface area contributed by atoms with E-state index in [0.717, 1.165) is 18.8 Å². The number of hydrogen-bond acceptors (Lipinski definition) is 1. The Morgan fingerprint density at radius 3 is 2.69 bits per heavy atom. The molecule has 0 heterocycles. The van der Waals surface area contributed by atoms with Gasteiger partial charge in [-0.2, -0.15) is 0 Å². The van der Waals surface area contributed by atoms with Gasteiger partial charge in [0.1, 0.15) is 0 Å². The highest BCUT2D eigenvalue weighted by atomic mass is 16.4. The third-order valence-electron chi connectivity index (χ3n) is 4.67. The molecule has 1 spiro atoms. The van der Waals surface area contributed by atoms with Crippen LogP contribution in [-0.2, 0) is 4.79 Å². The summed E-state index contributed by atoms with van der Waals surface area (Å²) in [4.78, 5) is 11.1. The molecule has 2 heteroatoms. The standard InChI is InChI=1S/C14H22O2/c1-2-12-7-6-11(13(15)16)10-14(12)8-4-3-5-9-14/h6,12H,2-5,7-10H2,1H3,(H,15,16). The van der Waals surface area contributed by atoms with Crippen molar-refractivity contribution in [2.45, 2.75) is 58.3 Å². The lowest BCUT2D eigenvalue weighted by atomic mass is 9.59. The molecule has 1 fully saturated rings. The average molecular weight is 222 g/mol. The first-order valence-electron chi connectivity index (χ1n) is 6.60. The van der Waals surface area contributed by atoms with Crippen molar-refractivity contribution in [3.8, 4) is 0 Å². The number of allylic oxidation sites excluding steroid dienone is 1. The number of carboxylic acids is 1. The maximum absolute atomic E-state index is 11.1. The van der Waals surface area contributed by atoms with E-state index in [1.54, 1.807) is 0 Å². The lowest BCUT2D eigenvalue weighted by molar-refractivity contribution is -0.133. The summed E-state index contributed by atoms with van der Waals surface area (Å²) in [6, 6.07) is 0. The maximum atomic E-state index is 11.1. The van der Waals surface area contributed by atoms with Gasteiger partial charge in [0, 0.05) is 5.57 Å². The molecule has 0 amide bonds. The summed E-state index contributed by atoms with van der Waals surface area (Å²) in [5.41, 5.74) is 1.00. The van der Waals surface area contributed by atoms with Crippen molar-refractivity contribution >= 4 is 5.97 Å². The topological polar surface area (TPSA) is 37.3 Å². The van der Waals surface area contributed by atoms with Gasteiger partial charge in [-0.3, -0.25) is 0 Å². The third kappa shape index (κ3) is 2.02. The summed E-state index contributed by atoms with van der Waals surface area (Å²) in [5.74, 6) is 0.0235. The van der Waals surface area contributed by atoms with E-state index in [1.165, 1.54) is 38.5 Å². The Kier molecular flexibility index (Phi) is 3.36. The van der Waals surface area contributed by atoms with Crippen LogP contribution in [0.15, 0.2) is 11.6 Å². The fourth-order valence-electron chi connectivity index (χ4n) is 3.73. The summed E-state index contributed by atoms with van der Waals surface area (Å²) in [6.07, 6.45) is 11.4. The summed E-state index contributed by atoms with van der Waals surface area (Å²) >= 11 is 0. The van der Waals surface area contributed by atoms with Gasteiger partial charge in [-0.05, 0) is 37.0 Å². The zero-order valence-corrected chi connectivity index (χ0v) is 10.2. The molecule has 1 unspecified atom stereocenters. The lowest BCUT2D eigenvalue weighted by Gasteiger charge is -2.46. The fourth-order valence-corrected chi connectivity index (χ4v) is 3.73. The summed E-state index contributed by atoms with van der Waals surface area (Å²) in [7, 11) is 0. The highest BCUT2D eigenvalue weighted by molar-refractivity contribution is 5.86. The summed E-state index contributed by atoms with van der Waals surface area (Å²) < 4.78 is 0. The van der Waals surface area contributed by atoms with Crippen molar-refractivity contribution in [1.82, 2.24) is 0 Å². The van der Waals surface area contributed by atoms with E-state index in [0.29, 0.717) is 11.0 Å². The van der Waals surface area contributed by atoms with Crippen LogP contribution in [0.2, 0.25) is 0 Å². The van der Waals surface area contributed by atoms with E-state index in [2.05, 4.69) is 6.92 Å². The van der Waals surface area contributed by atoms with Crippen LogP contribution >= 0.6 is 0 Å². The van der Waals surface area contributed by atoms with Crippen molar-refractivity contribution in [1.29, 1.82) is 0 Å². The molecule has 0 aromatic carbocycles. The number of carboxylic acid groups (broad SMARTS) is 1. The Balaban J connectivity index is 2.20. The fraction of sp³-hybridized carbons (Fsp3) is 0.786. The predicted octanol–water partition coefficient (Wildman–Crippen LogP) is 3.77. The van der Waals surface area contributed by atoms with Gasteiger partial charge >= 0.3 is 5.97 Å². The summed E-state index contributed by atoms with van der Waals surface area (Å²) in [5, 5.41) is 9.14. The molecule has 0 aliphatic heterocycles. The van der Waals surface area contributed by atoms with Crippen LogP contribution in [0.25, 0.3) is 0 Å². The molecule has 90 valence electrons. The Bertz CT molecular complexity index is 298. The van der Waals surface area contributed by atoms with Crippen molar-refractivity contribution in [2.75, 3.05) is 0 Å². The van der Waals surface area contributed by atoms with Gasteiger partial charge in [-0.15, -0.1) is 0 Å². The van der Waals surface area contributed by atoms with E-state index in [-0.39, 0.29) is 0 Å². The molecule has 16 heavy (non-hydrogen) atoms. The highest BCUT2D eigenvalue weighted by Crippen LogP contribution is 2.52. The van der Waals surface area contributed by atoms with Crippen LogP contribution in [0.4, 0.5) is 0 Å². The smallest absolute Gasteiger partial charge is 0.331 e. The molecule has 2 aliphatic rings. The molecule has 2 nitrogen and oxygen atoms in total. The molecule has 0 aromatic heterocycles. The van der Waals surface area contributed by atoms with Crippen LogP contribution in [0, 0.1) is 11.3 Å². The minimum Gasteiger partial charge on any atom is -0.478 e. The van der Waals surface area contributed by atoms with Crippen molar-refractivity contribution in [3.63, 3.8) is 0 Å². The second kappa shape index (κ2) is 4.60. The zero-order chi connectivity index (χ0) is 11.6. The van der Waals surface area contributed by atoms with E-state index in [4.69, 9.17) is 5.11 Å². The first kappa shape index (κ1) is 11.7. The number of hydrogen-bond donors (Lipinski definition) is 1. The van der Waals surface area contributed by atoms with E-state index < -0.39 is 5.97 Å². The second-order valence-corrected chi connectivity index (χ2v) is 5.48. The lowest BCUT2D eigenvalue weighted by Crippen LogP contribution is -2.36. The van der Waals surface area contributed by atoms with Crippen LogP contribution in [0.5, 0.6) is 0 Å². The average Bonchev–Trinajstić information content (AvgIpc) is 2.30. The van der Waals surface area contributed by atoms with Crippen LogP contribution in [0.1, 0.15) is 58.3 Å². The molecule has 2 rings (SSSR count). The molecule has 0 bridgehead atoms. The Morgan fingerprint density at radius 2 is 2.12 bits per heavy atom. The summed E-state index contributed by atoms with van der Waals surface area (Å²) in [6.45, 7) is 2.25. The van der Waals surface area contributed by atoms with Crippen LogP contribution in [0.3, 0.4) is 0 Å². The number of carbonyl (C=O) groups is 1. The Labute approximate surface area is 97.7 Å². The highest BCUT2D eigenvalue weighted by Gasteiger charge is 2.41. The SMILES string of the molecule is CCC1CC=C(C(=O)O)CC12CCCCC2. The van der Waals surface area contributed by atoms with Crippen molar-refractivity contribution < 1.29 is 9.90 Å². The molecule has 0 saturated heterocycles. The van der Waals surface area contributed by atoms with Crippen LogP contribution in [-0.4, -0.2) is 11.1 Å². The Hall–Kier alpha value is -0.790. The normalized spacial score (nSPS) is 28.8. The Morgan fingerprint density at radius 1 is 1.44 bits per heavy atom.